The summed E-state index contributed by atoms with van der Waals surface area (Å²) in [4.78, 5) is 1.42. The summed E-state index contributed by atoms with van der Waals surface area (Å²) in [6.07, 6.45) is 6.74. The molecule has 2 aromatic rings. The Kier molecular flexibility index (Phi) is 5.74. The van der Waals surface area contributed by atoms with Crippen LogP contribution >= 0.6 is 23.1 Å². The largest absolute Gasteiger partial charge is 0.308 e. The van der Waals surface area contributed by atoms with Crippen molar-refractivity contribution in [2.75, 3.05) is 5.75 Å². The van der Waals surface area contributed by atoms with Crippen LogP contribution in [-0.4, -0.2) is 20.5 Å². The normalized spacial score (nSPS) is 10.9. The second-order valence-corrected chi connectivity index (χ2v) is 6.29. The van der Waals surface area contributed by atoms with E-state index in [1.807, 2.05) is 29.4 Å². The molecule has 0 aliphatic rings. The third kappa shape index (κ3) is 4.14. The molecule has 0 amide bonds. The lowest BCUT2D eigenvalue weighted by atomic mass is 10.3. The molecule has 0 aliphatic carbocycles. The van der Waals surface area contributed by atoms with Crippen molar-refractivity contribution < 1.29 is 0 Å². The van der Waals surface area contributed by atoms with Gasteiger partial charge < -0.3 is 4.57 Å². The van der Waals surface area contributed by atoms with Gasteiger partial charge in [-0.1, -0.05) is 37.6 Å². The van der Waals surface area contributed by atoms with Crippen molar-refractivity contribution >= 4 is 23.1 Å². The van der Waals surface area contributed by atoms with Crippen LogP contribution in [0.3, 0.4) is 0 Å². The molecule has 0 aromatic carbocycles. The van der Waals surface area contributed by atoms with Gasteiger partial charge in [0.05, 0.1) is 0 Å². The molecule has 0 spiro atoms. The van der Waals surface area contributed by atoms with Gasteiger partial charge in [-0.3, -0.25) is 0 Å². The second-order valence-electron chi connectivity index (χ2n) is 4.19. The topological polar surface area (TPSA) is 30.7 Å². The maximum atomic E-state index is 4.19. The van der Waals surface area contributed by atoms with Crippen LogP contribution in [0.2, 0.25) is 0 Å². The molecular weight excluding hydrogens is 262 g/mol. The first kappa shape index (κ1) is 13.6. The van der Waals surface area contributed by atoms with Crippen LogP contribution in [0.15, 0.2) is 29.0 Å². The van der Waals surface area contributed by atoms with Crippen LogP contribution in [0.5, 0.6) is 0 Å². The zero-order chi connectivity index (χ0) is 12.6. The third-order valence-electron chi connectivity index (χ3n) is 2.74. The third-order valence-corrected chi connectivity index (χ3v) is 4.74. The zero-order valence-corrected chi connectivity index (χ0v) is 12.3. The standard InChI is InChI=1S/C13H19N3S2/c1-2-3-4-9-18-13-15-14-11-16(13)8-7-12-6-5-10-17-12/h5-6,10-11H,2-4,7-9H2,1H3. The first-order valence-corrected chi connectivity index (χ1v) is 8.29. The summed E-state index contributed by atoms with van der Waals surface area (Å²) in [6.45, 7) is 3.21. The molecule has 3 nitrogen and oxygen atoms in total. The summed E-state index contributed by atoms with van der Waals surface area (Å²) in [7, 11) is 0. The molecule has 0 atom stereocenters. The summed E-state index contributed by atoms with van der Waals surface area (Å²) >= 11 is 3.64. The maximum absolute atomic E-state index is 4.19. The molecule has 0 fully saturated rings. The Morgan fingerprint density at radius 3 is 3.11 bits per heavy atom. The molecule has 2 rings (SSSR count). The lowest BCUT2D eigenvalue weighted by molar-refractivity contribution is 0.637. The van der Waals surface area contributed by atoms with Crippen LogP contribution in [0.1, 0.15) is 31.1 Å². The van der Waals surface area contributed by atoms with E-state index in [1.165, 1.54) is 24.1 Å². The highest BCUT2D eigenvalue weighted by molar-refractivity contribution is 7.99. The minimum atomic E-state index is 0.976. The van der Waals surface area contributed by atoms with Crippen LogP contribution in [0.4, 0.5) is 0 Å². The molecule has 0 N–H and O–H groups in total. The average molecular weight is 281 g/mol. The fourth-order valence-corrected chi connectivity index (χ4v) is 3.35. The molecule has 0 unspecified atom stereocenters. The summed E-state index contributed by atoms with van der Waals surface area (Å²) in [6, 6.07) is 4.29. The Labute approximate surface area is 117 Å². The first-order chi connectivity index (χ1) is 8.90. The predicted molar refractivity (Wildman–Crippen MR) is 78.3 cm³/mol. The quantitative estimate of drug-likeness (QED) is 0.543. The van der Waals surface area contributed by atoms with Gasteiger partial charge in [0.2, 0.25) is 0 Å². The van der Waals surface area contributed by atoms with Crippen LogP contribution in [0, 0.1) is 0 Å². The average Bonchev–Trinajstić information content (AvgIpc) is 3.03. The SMILES string of the molecule is CCCCCSc1nncn1CCc1cccs1. The Morgan fingerprint density at radius 2 is 2.33 bits per heavy atom. The fraction of sp³-hybridized carbons (Fsp3) is 0.538. The highest BCUT2D eigenvalue weighted by Crippen LogP contribution is 2.18. The summed E-state index contributed by atoms with van der Waals surface area (Å²) in [5.41, 5.74) is 0. The number of aryl methyl sites for hydroxylation is 2. The summed E-state index contributed by atoms with van der Waals surface area (Å²) < 4.78 is 2.16. The Bertz CT molecular complexity index is 437. The molecule has 0 aliphatic heterocycles. The van der Waals surface area contributed by atoms with E-state index in [2.05, 4.69) is 39.2 Å². The molecule has 0 saturated carbocycles. The van der Waals surface area contributed by atoms with Gasteiger partial charge in [0, 0.05) is 17.2 Å². The number of unbranched alkanes of at least 4 members (excludes halogenated alkanes) is 2. The van der Waals surface area contributed by atoms with E-state index >= 15 is 0 Å². The van der Waals surface area contributed by atoms with E-state index in [-0.39, 0.29) is 0 Å². The number of thiophene rings is 1. The lowest BCUT2D eigenvalue weighted by Crippen LogP contribution is -2.01. The number of hydrogen-bond acceptors (Lipinski definition) is 4. The van der Waals surface area contributed by atoms with E-state index in [0.717, 1.165) is 23.9 Å². The molecule has 0 bridgehead atoms. The molecule has 5 heteroatoms. The minimum absolute atomic E-state index is 0.976. The lowest BCUT2D eigenvalue weighted by Gasteiger charge is -2.05. The van der Waals surface area contributed by atoms with E-state index in [1.54, 1.807) is 0 Å². The highest BCUT2D eigenvalue weighted by atomic mass is 32.2. The van der Waals surface area contributed by atoms with Gasteiger partial charge in [-0.05, 0) is 24.3 Å². The Hall–Kier alpha value is -0.810. The van der Waals surface area contributed by atoms with Gasteiger partial charge >= 0.3 is 0 Å². The van der Waals surface area contributed by atoms with Crippen molar-refractivity contribution in [3.8, 4) is 0 Å². The van der Waals surface area contributed by atoms with Gasteiger partial charge in [-0.15, -0.1) is 21.5 Å². The second kappa shape index (κ2) is 7.59. The number of aromatic nitrogens is 3. The number of thioether (sulfide) groups is 1. The maximum Gasteiger partial charge on any atom is 0.191 e. The Morgan fingerprint density at radius 1 is 1.39 bits per heavy atom. The molecule has 2 aromatic heterocycles. The van der Waals surface area contributed by atoms with Crippen LogP contribution in [0.25, 0.3) is 0 Å². The number of hydrogen-bond donors (Lipinski definition) is 0. The van der Waals surface area contributed by atoms with Crippen molar-refractivity contribution in [3.63, 3.8) is 0 Å². The first-order valence-electron chi connectivity index (χ1n) is 6.43. The van der Waals surface area contributed by atoms with Crippen LogP contribution in [-0.2, 0) is 13.0 Å². The Balaban J connectivity index is 1.79. The minimum Gasteiger partial charge on any atom is -0.308 e. The van der Waals surface area contributed by atoms with E-state index in [4.69, 9.17) is 0 Å². The van der Waals surface area contributed by atoms with Crippen LogP contribution < -0.4 is 0 Å². The zero-order valence-electron chi connectivity index (χ0n) is 10.7. The number of rotatable bonds is 8. The van der Waals surface area contributed by atoms with E-state index in [0.29, 0.717) is 0 Å². The van der Waals surface area contributed by atoms with E-state index in [9.17, 15) is 0 Å². The predicted octanol–water partition coefficient (Wildman–Crippen LogP) is 3.86. The van der Waals surface area contributed by atoms with Gasteiger partial charge in [0.25, 0.3) is 0 Å². The van der Waals surface area contributed by atoms with Crippen molar-refractivity contribution in [1.82, 2.24) is 14.8 Å². The van der Waals surface area contributed by atoms with Gasteiger partial charge in [-0.2, -0.15) is 0 Å². The fourth-order valence-electron chi connectivity index (χ4n) is 1.71. The monoisotopic (exact) mass is 281 g/mol. The molecule has 0 radical (unpaired) electrons. The number of nitrogens with zero attached hydrogens (tertiary/aromatic N) is 3. The summed E-state index contributed by atoms with van der Waals surface area (Å²) in [5, 5.41) is 11.4. The van der Waals surface area contributed by atoms with Gasteiger partial charge in [0.15, 0.2) is 5.16 Å². The molecule has 0 saturated heterocycles. The smallest absolute Gasteiger partial charge is 0.191 e. The molecule has 98 valence electrons. The molecular formula is C13H19N3S2. The van der Waals surface area contributed by atoms with Crippen molar-refractivity contribution in [2.45, 2.75) is 44.3 Å². The summed E-state index contributed by atoms with van der Waals surface area (Å²) in [5.74, 6) is 1.14. The van der Waals surface area contributed by atoms with Crippen molar-refractivity contribution in [1.29, 1.82) is 0 Å². The van der Waals surface area contributed by atoms with Crippen molar-refractivity contribution in [2.24, 2.45) is 0 Å². The highest BCUT2D eigenvalue weighted by Gasteiger charge is 2.05. The van der Waals surface area contributed by atoms with E-state index < -0.39 is 0 Å². The molecule has 18 heavy (non-hydrogen) atoms. The molecule has 2 heterocycles. The van der Waals surface area contributed by atoms with Gasteiger partial charge in [-0.25, -0.2) is 0 Å². The van der Waals surface area contributed by atoms with Crippen molar-refractivity contribution in [3.05, 3.63) is 28.7 Å². The van der Waals surface area contributed by atoms with Gasteiger partial charge in [0.1, 0.15) is 6.33 Å².